The summed E-state index contributed by atoms with van der Waals surface area (Å²) in [6.45, 7) is 18.6. The van der Waals surface area contributed by atoms with Crippen molar-refractivity contribution in [3.05, 3.63) is 0 Å². The van der Waals surface area contributed by atoms with Crippen LogP contribution in [0.5, 0.6) is 0 Å². The molecule has 3 aliphatic rings. The van der Waals surface area contributed by atoms with Gasteiger partial charge in [0.05, 0.1) is 47.6 Å². The molecule has 0 radical (unpaired) electrons. The highest BCUT2D eigenvalue weighted by molar-refractivity contribution is 5.83. The number of ketones is 1. The Hall–Kier alpha value is -1.83. The Kier molecular flexibility index (Phi) is 28.8. The average Bonchev–Trinajstić information content (AvgIpc) is 3.31. The molecule has 0 aliphatic carbocycles. The fourth-order valence-corrected chi connectivity index (χ4v) is 11.1. The number of aliphatic hydroxyl groups excluding tert-OH is 3. The van der Waals surface area contributed by atoms with E-state index in [-0.39, 0.29) is 31.4 Å². The summed E-state index contributed by atoms with van der Waals surface area (Å²) < 4.78 is 37.1. The van der Waals surface area contributed by atoms with Gasteiger partial charge < -0.3 is 64.0 Å². The van der Waals surface area contributed by atoms with E-state index in [0.29, 0.717) is 12.8 Å². The van der Waals surface area contributed by atoms with Crippen LogP contribution in [0.15, 0.2) is 0 Å². The number of hydrogen-bond donors (Lipinski definition) is 6. The van der Waals surface area contributed by atoms with Crippen LogP contribution >= 0.6 is 0 Å². The number of likely N-dealkylation sites (N-methyl/N-ethyl adjacent to an activating group) is 1. The van der Waals surface area contributed by atoms with Crippen LogP contribution in [0.25, 0.3) is 0 Å². The topological polar surface area (TPSA) is 231 Å². The Morgan fingerprint density at radius 3 is 1.73 bits per heavy atom. The number of carboxylic acid groups (broad SMARTS) is 1. The van der Waals surface area contributed by atoms with Crippen LogP contribution in [-0.4, -0.2) is 159 Å². The number of cyclic esters (lactones) is 1. The van der Waals surface area contributed by atoms with E-state index in [4.69, 9.17) is 33.5 Å². The number of esters is 1. The number of aliphatic hydroxyl groups is 5. The van der Waals surface area contributed by atoms with E-state index in [1.807, 2.05) is 25.9 Å². The molecule has 18 atom stereocenters. The fraction of sp³-hybridized carbons (Fsp3) is 0.945. The van der Waals surface area contributed by atoms with Gasteiger partial charge in [0.1, 0.15) is 29.7 Å². The van der Waals surface area contributed by atoms with Gasteiger partial charge in [0.2, 0.25) is 0 Å². The maximum atomic E-state index is 14.1. The number of ether oxygens (including phenoxy) is 6. The van der Waals surface area contributed by atoms with Crippen molar-refractivity contribution in [3.63, 3.8) is 0 Å². The van der Waals surface area contributed by atoms with E-state index < -0.39 is 114 Å². The molecule has 3 saturated heterocycles. The molecule has 0 spiro atoms. The molecule has 3 fully saturated rings. The third kappa shape index (κ3) is 20.0. The Labute approximate surface area is 428 Å². The second kappa shape index (κ2) is 31.3. The van der Waals surface area contributed by atoms with Gasteiger partial charge in [-0.3, -0.25) is 14.4 Å². The maximum absolute atomic E-state index is 14.1. The number of Topliss-reactive ketones (excluding diaryl/α,β-unsaturated/α-hetero) is 1. The molecule has 16 nitrogen and oxygen atoms in total. The Morgan fingerprint density at radius 2 is 1.25 bits per heavy atom. The smallest absolute Gasteiger partial charge is 0.311 e. The predicted octanol–water partition coefficient (Wildman–Crippen LogP) is 8.12. The first kappa shape index (κ1) is 65.3. The zero-order valence-electron chi connectivity index (χ0n) is 46.6. The van der Waals surface area contributed by atoms with Gasteiger partial charge in [-0.2, -0.15) is 0 Å². The predicted molar refractivity (Wildman–Crippen MR) is 273 cm³/mol. The molecule has 16 heteroatoms. The number of methoxy groups -OCH3 is 1. The molecule has 0 aromatic rings. The van der Waals surface area contributed by atoms with Crippen LogP contribution in [0, 0.1) is 23.7 Å². The second-order valence-electron chi connectivity index (χ2n) is 22.6. The SMILES string of the molecule is CCCCCCCCCCCCCCCCCC(=O)O.CC[C@H]1OC(=O)[C@H](C)[C@@H](O[C@H]2C[C@@](C)(OC)[C@@H](O)[C@H](C)O2)[C@H](C)[C@@H](O[C@@H]2O[C@H](C)C[C@H](N(C)C)[C@H]2O)[C@](C)(O)C[C@@H](C)C(=O)[C@H](C)[C@@H](O)[C@]1(C)O. The highest BCUT2D eigenvalue weighted by Gasteiger charge is 2.53. The molecule has 3 rings (SSSR count). The summed E-state index contributed by atoms with van der Waals surface area (Å²) in [5.74, 6) is -5.63. The molecule has 0 amide bonds. The molecule has 0 aromatic carbocycles. The Bertz CT molecular complexity index is 1530. The van der Waals surface area contributed by atoms with Crippen LogP contribution in [0.1, 0.15) is 205 Å². The highest BCUT2D eigenvalue weighted by atomic mass is 16.7. The van der Waals surface area contributed by atoms with E-state index in [0.717, 1.165) is 12.8 Å². The van der Waals surface area contributed by atoms with Crippen molar-refractivity contribution >= 4 is 17.7 Å². The number of nitrogens with zero attached hydrogens (tertiary/aromatic N) is 1. The first-order chi connectivity index (χ1) is 33.2. The van der Waals surface area contributed by atoms with Gasteiger partial charge in [-0.1, -0.05) is 125 Å². The number of aliphatic carboxylic acids is 1. The third-order valence-electron chi connectivity index (χ3n) is 15.8. The van der Waals surface area contributed by atoms with Gasteiger partial charge in [0, 0.05) is 43.7 Å². The average molecular weight is 1020 g/mol. The van der Waals surface area contributed by atoms with E-state index in [1.165, 1.54) is 111 Å². The Morgan fingerprint density at radius 1 is 0.732 bits per heavy atom. The molecule has 3 heterocycles. The zero-order chi connectivity index (χ0) is 53.9. The number of hydrogen-bond acceptors (Lipinski definition) is 15. The van der Waals surface area contributed by atoms with Crippen molar-refractivity contribution in [1.29, 1.82) is 0 Å². The van der Waals surface area contributed by atoms with Crippen molar-refractivity contribution in [2.75, 3.05) is 21.2 Å². The lowest BCUT2D eigenvalue weighted by molar-refractivity contribution is -0.318. The minimum Gasteiger partial charge on any atom is -0.481 e. The van der Waals surface area contributed by atoms with Gasteiger partial charge >= 0.3 is 11.9 Å². The summed E-state index contributed by atoms with van der Waals surface area (Å²) in [5.41, 5.74) is -4.84. The quantitative estimate of drug-likeness (QED) is 0.0419. The fourth-order valence-electron chi connectivity index (χ4n) is 11.1. The van der Waals surface area contributed by atoms with Gasteiger partial charge in [-0.05, 0) is 81.3 Å². The number of carbonyl (C=O) groups is 3. The standard InChI is InChI=1S/C37H67NO13.C18H36O2/c1-14-25-37(10,45)30(41)20(4)27(39)18(2)16-35(8,44)32(51-34-28(40)24(38(11)12)15-19(3)47-34)21(5)29(22(6)33(43)49-25)50-26-17-36(9,46-13)31(42)23(7)48-26;1-2-3-4-5-6-7-8-9-10-11-12-13-14-15-16-17-18(19)20/h18-26,28-32,34,40-42,44-45H,14-17H2,1-13H3;2-17H2,1H3,(H,19,20)/t18-,19-,20+,21+,22-,23+,24+,25-,26+,28-,29+,30-,31+,32-,34+,35-,36-,37-;/m1./s1. The van der Waals surface area contributed by atoms with Crippen LogP contribution in [0.2, 0.25) is 0 Å². The molecular formula is C55H103NO15. The summed E-state index contributed by atoms with van der Waals surface area (Å²) in [6.07, 6.45) is 10.5. The van der Waals surface area contributed by atoms with E-state index in [2.05, 4.69) is 6.92 Å². The zero-order valence-corrected chi connectivity index (χ0v) is 46.6. The van der Waals surface area contributed by atoms with Crippen LogP contribution in [-0.2, 0) is 42.8 Å². The highest BCUT2D eigenvalue weighted by Crippen LogP contribution is 2.41. The number of unbranched alkanes of at least 4 members (excludes halogenated alkanes) is 14. The molecule has 0 bridgehead atoms. The van der Waals surface area contributed by atoms with Crippen LogP contribution < -0.4 is 0 Å². The lowest BCUT2D eigenvalue weighted by atomic mass is 9.74. The lowest BCUT2D eigenvalue weighted by Gasteiger charge is -2.49. The van der Waals surface area contributed by atoms with Crippen LogP contribution in [0.4, 0.5) is 0 Å². The third-order valence-corrected chi connectivity index (χ3v) is 15.8. The van der Waals surface area contributed by atoms with E-state index in [1.54, 1.807) is 41.5 Å². The minimum atomic E-state index is -1.99. The first-order valence-corrected chi connectivity index (χ1v) is 27.5. The summed E-state index contributed by atoms with van der Waals surface area (Å²) in [7, 11) is 5.18. The molecule has 6 N–H and O–H groups in total. The second-order valence-corrected chi connectivity index (χ2v) is 22.6. The monoisotopic (exact) mass is 1020 g/mol. The van der Waals surface area contributed by atoms with Crippen molar-refractivity contribution < 1.29 is 73.4 Å². The normalized spacial score (nSPS) is 38.8. The van der Waals surface area contributed by atoms with Crippen molar-refractivity contribution in [3.8, 4) is 0 Å². The largest absolute Gasteiger partial charge is 0.481 e. The molecule has 418 valence electrons. The van der Waals surface area contributed by atoms with Gasteiger partial charge in [-0.25, -0.2) is 0 Å². The lowest BCUT2D eigenvalue weighted by Crippen LogP contribution is -2.61. The van der Waals surface area contributed by atoms with Crippen LogP contribution in [0.3, 0.4) is 0 Å². The minimum absolute atomic E-state index is 0.0936. The number of carbonyl (C=O) groups excluding carboxylic acids is 2. The summed E-state index contributed by atoms with van der Waals surface area (Å²) >= 11 is 0. The maximum Gasteiger partial charge on any atom is 0.311 e. The molecule has 3 aliphatic heterocycles. The van der Waals surface area contributed by atoms with Gasteiger partial charge in [-0.15, -0.1) is 0 Å². The molecule has 0 unspecified atom stereocenters. The number of carboxylic acids is 1. The van der Waals surface area contributed by atoms with Gasteiger partial charge in [0.25, 0.3) is 0 Å². The van der Waals surface area contributed by atoms with Gasteiger partial charge in [0.15, 0.2) is 12.6 Å². The van der Waals surface area contributed by atoms with Crippen molar-refractivity contribution in [1.82, 2.24) is 4.90 Å². The molecule has 0 aromatic heterocycles. The van der Waals surface area contributed by atoms with Crippen molar-refractivity contribution in [2.45, 2.75) is 289 Å². The summed E-state index contributed by atoms with van der Waals surface area (Å²) in [5, 5.41) is 66.1. The summed E-state index contributed by atoms with van der Waals surface area (Å²) in [6, 6.07) is -0.324. The van der Waals surface area contributed by atoms with E-state index in [9.17, 15) is 39.9 Å². The molecule has 71 heavy (non-hydrogen) atoms. The van der Waals surface area contributed by atoms with E-state index >= 15 is 0 Å². The first-order valence-electron chi connectivity index (χ1n) is 27.5. The van der Waals surface area contributed by atoms with Crippen molar-refractivity contribution in [2.24, 2.45) is 23.7 Å². The summed E-state index contributed by atoms with van der Waals surface area (Å²) in [4.78, 5) is 40.1. The molecule has 0 saturated carbocycles. The Balaban J connectivity index is 0.000000725. The number of rotatable bonds is 23. The molecular weight excluding hydrogens is 915 g/mol.